The molecule has 9 heteroatoms. The lowest BCUT2D eigenvalue weighted by atomic mass is 10.1. The Balaban J connectivity index is 1.49. The Kier molecular flexibility index (Phi) is 6.29. The van der Waals surface area contributed by atoms with E-state index < -0.39 is 0 Å². The standard InChI is InChI=1S/C17H17ClN4O2S2/c1-10(13-5-3-4-6-14(13)18)19-15(23)9-26-17-22-21-16(24-17)7-12-8-25-11(2)20-12/h3-6,8,10H,7,9H2,1-2H3,(H,19,23). The fraction of sp³-hybridized carbons (Fsp3) is 0.294. The van der Waals surface area contributed by atoms with Gasteiger partial charge in [-0.2, -0.15) is 0 Å². The van der Waals surface area contributed by atoms with Crippen LogP contribution in [0, 0.1) is 6.92 Å². The summed E-state index contributed by atoms with van der Waals surface area (Å²) in [7, 11) is 0. The number of halogens is 1. The summed E-state index contributed by atoms with van der Waals surface area (Å²) in [6.45, 7) is 3.84. The molecule has 3 aromatic rings. The van der Waals surface area contributed by atoms with Crippen molar-refractivity contribution in [2.24, 2.45) is 0 Å². The summed E-state index contributed by atoms with van der Waals surface area (Å²) < 4.78 is 5.56. The van der Waals surface area contributed by atoms with Crippen LogP contribution in [0.1, 0.15) is 35.1 Å². The smallest absolute Gasteiger partial charge is 0.277 e. The molecule has 1 aromatic carbocycles. The number of nitrogens with zero attached hydrogens (tertiary/aromatic N) is 3. The third kappa shape index (κ3) is 5.06. The molecule has 1 atom stereocenters. The molecule has 2 heterocycles. The lowest BCUT2D eigenvalue weighted by molar-refractivity contribution is -0.119. The monoisotopic (exact) mass is 408 g/mol. The molecule has 0 bridgehead atoms. The van der Waals surface area contributed by atoms with Crippen molar-refractivity contribution in [3.63, 3.8) is 0 Å². The number of carbonyl (C=O) groups is 1. The summed E-state index contributed by atoms with van der Waals surface area (Å²) >= 11 is 8.94. The number of hydrogen-bond acceptors (Lipinski definition) is 7. The predicted molar refractivity (Wildman–Crippen MR) is 103 cm³/mol. The molecule has 0 fully saturated rings. The van der Waals surface area contributed by atoms with E-state index in [1.165, 1.54) is 11.8 Å². The topological polar surface area (TPSA) is 80.9 Å². The molecule has 1 unspecified atom stereocenters. The Hall–Kier alpha value is -1.90. The zero-order chi connectivity index (χ0) is 18.5. The molecule has 26 heavy (non-hydrogen) atoms. The largest absolute Gasteiger partial charge is 0.416 e. The van der Waals surface area contributed by atoms with E-state index >= 15 is 0 Å². The predicted octanol–water partition coefficient (Wildman–Crippen LogP) is 4.05. The van der Waals surface area contributed by atoms with E-state index in [1.54, 1.807) is 17.4 Å². The van der Waals surface area contributed by atoms with Crippen molar-refractivity contribution in [2.45, 2.75) is 31.5 Å². The van der Waals surface area contributed by atoms with Crippen molar-refractivity contribution in [1.82, 2.24) is 20.5 Å². The molecule has 0 saturated carbocycles. The average Bonchev–Trinajstić information content (AvgIpc) is 3.22. The van der Waals surface area contributed by atoms with Crippen molar-refractivity contribution < 1.29 is 9.21 Å². The first-order valence-electron chi connectivity index (χ1n) is 7.91. The van der Waals surface area contributed by atoms with Crippen molar-refractivity contribution in [3.8, 4) is 0 Å². The number of thiazole rings is 1. The number of benzene rings is 1. The van der Waals surface area contributed by atoms with Crippen LogP contribution >= 0.6 is 34.7 Å². The summed E-state index contributed by atoms with van der Waals surface area (Å²) in [5.74, 6) is 0.548. The third-order valence-electron chi connectivity index (χ3n) is 3.52. The first-order chi connectivity index (χ1) is 12.5. The second kappa shape index (κ2) is 8.66. The molecule has 0 aliphatic heterocycles. The Morgan fingerprint density at radius 2 is 2.19 bits per heavy atom. The first kappa shape index (κ1) is 18.9. The van der Waals surface area contributed by atoms with E-state index in [4.69, 9.17) is 16.0 Å². The highest BCUT2D eigenvalue weighted by molar-refractivity contribution is 7.99. The number of amides is 1. The van der Waals surface area contributed by atoms with Gasteiger partial charge in [0.25, 0.3) is 5.22 Å². The van der Waals surface area contributed by atoms with Crippen molar-refractivity contribution in [3.05, 3.63) is 56.8 Å². The minimum atomic E-state index is -0.178. The lowest BCUT2D eigenvalue weighted by Gasteiger charge is -2.15. The van der Waals surface area contributed by atoms with Crippen LogP contribution in [0.4, 0.5) is 0 Å². The van der Waals surface area contributed by atoms with Crippen LogP contribution in [0.3, 0.4) is 0 Å². The van der Waals surface area contributed by atoms with Crippen LogP contribution in [0.5, 0.6) is 0 Å². The Bertz CT molecular complexity index is 896. The van der Waals surface area contributed by atoms with E-state index in [2.05, 4.69) is 20.5 Å². The number of hydrogen-bond donors (Lipinski definition) is 1. The van der Waals surface area contributed by atoms with Crippen LogP contribution < -0.4 is 5.32 Å². The fourth-order valence-corrected chi connectivity index (χ4v) is 3.83. The van der Waals surface area contributed by atoms with Gasteiger partial charge in [-0.3, -0.25) is 4.79 Å². The second-order valence-corrected chi connectivity index (χ2v) is 7.99. The van der Waals surface area contributed by atoms with E-state index in [0.717, 1.165) is 16.3 Å². The Morgan fingerprint density at radius 1 is 1.38 bits per heavy atom. The molecule has 6 nitrogen and oxygen atoms in total. The molecule has 2 aromatic heterocycles. The maximum atomic E-state index is 12.1. The second-order valence-electron chi connectivity index (χ2n) is 5.60. The molecule has 3 rings (SSSR count). The van der Waals surface area contributed by atoms with Gasteiger partial charge in [-0.1, -0.05) is 41.6 Å². The van der Waals surface area contributed by atoms with Crippen LogP contribution in [0.2, 0.25) is 5.02 Å². The van der Waals surface area contributed by atoms with Gasteiger partial charge in [0.1, 0.15) is 0 Å². The lowest BCUT2D eigenvalue weighted by Crippen LogP contribution is -2.28. The van der Waals surface area contributed by atoms with Crippen molar-refractivity contribution in [2.75, 3.05) is 5.75 Å². The van der Waals surface area contributed by atoms with E-state index in [-0.39, 0.29) is 17.7 Å². The highest BCUT2D eigenvalue weighted by Crippen LogP contribution is 2.23. The highest BCUT2D eigenvalue weighted by atomic mass is 35.5. The third-order valence-corrected chi connectivity index (χ3v) is 5.51. The molecule has 0 aliphatic rings. The van der Waals surface area contributed by atoms with Crippen LogP contribution in [0.15, 0.2) is 39.3 Å². The first-order valence-corrected chi connectivity index (χ1v) is 10.2. The van der Waals surface area contributed by atoms with Crippen LogP contribution in [-0.4, -0.2) is 26.8 Å². The Morgan fingerprint density at radius 3 is 2.92 bits per heavy atom. The van der Waals surface area contributed by atoms with Crippen molar-refractivity contribution >= 4 is 40.6 Å². The van der Waals surface area contributed by atoms with Gasteiger partial charge in [-0.15, -0.1) is 21.5 Å². The van der Waals surface area contributed by atoms with Gasteiger partial charge >= 0.3 is 0 Å². The summed E-state index contributed by atoms with van der Waals surface area (Å²) in [5.41, 5.74) is 1.78. The average molecular weight is 409 g/mol. The number of aromatic nitrogens is 3. The molecule has 0 aliphatic carbocycles. The molecular formula is C17H17ClN4O2S2. The molecule has 0 saturated heterocycles. The number of rotatable bonds is 7. The quantitative estimate of drug-likeness (QED) is 0.594. The summed E-state index contributed by atoms with van der Waals surface area (Å²) in [5, 5.41) is 14.8. The molecule has 0 radical (unpaired) electrons. The summed E-state index contributed by atoms with van der Waals surface area (Å²) in [4.78, 5) is 16.5. The minimum Gasteiger partial charge on any atom is -0.416 e. The van der Waals surface area contributed by atoms with Gasteiger partial charge in [0.2, 0.25) is 11.8 Å². The number of thioether (sulfide) groups is 1. The van der Waals surface area contributed by atoms with E-state index in [9.17, 15) is 4.79 Å². The Labute approximate surface area is 164 Å². The summed E-state index contributed by atoms with van der Waals surface area (Å²) in [6, 6.07) is 7.27. The van der Waals surface area contributed by atoms with Gasteiger partial charge < -0.3 is 9.73 Å². The van der Waals surface area contributed by atoms with Crippen LogP contribution in [0.25, 0.3) is 0 Å². The normalized spacial score (nSPS) is 12.1. The highest BCUT2D eigenvalue weighted by Gasteiger charge is 2.15. The van der Waals surface area contributed by atoms with Gasteiger partial charge in [0, 0.05) is 10.4 Å². The molecular weight excluding hydrogens is 392 g/mol. The minimum absolute atomic E-state index is 0.128. The van der Waals surface area contributed by atoms with E-state index in [1.807, 2.05) is 37.4 Å². The van der Waals surface area contributed by atoms with Gasteiger partial charge in [-0.25, -0.2) is 4.98 Å². The van der Waals surface area contributed by atoms with Gasteiger partial charge in [0.15, 0.2) is 0 Å². The zero-order valence-electron chi connectivity index (χ0n) is 14.2. The number of aryl methyl sites for hydroxylation is 1. The van der Waals surface area contributed by atoms with Gasteiger partial charge in [0.05, 0.1) is 28.9 Å². The zero-order valence-corrected chi connectivity index (χ0v) is 16.6. The number of nitrogens with one attached hydrogen (secondary N) is 1. The van der Waals surface area contributed by atoms with Crippen LogP contribution in [-0.2, 0) is 11.2 Å². The SMILES string of the molecule is Cc1nc(Cc2nnc(SCC(=O)NC(C)c3ccccc3Cl)o2)cs1. The molecule has 0 spiro atoms. The van der Waals surface area contributed by atoms with Gasteiger partial charge in [-0.05, 0) is 25.5 Å². The summed E-state index contributed by atoms with van der Waals surface area (Å²) in [6.07, 6.45) is 0.494. The number of carbonyl (C=O) groups excluding carboxylic acids is 1. The fourth-order valence-electron chi connectivity index (χ4n) is 2.33. The molecule has 136 valence electrons. The molecule has 1 N–H and O–H groups in total. The van der Waals surface area contributed by atoms with Crippen molar-refractivity contribution in [1.29, 1.82) is 0 Å². The maximum Gasteiger partial charge on any atom is 0.277 e. The maximum absolute atomic E-state index is 12.1. The molecule has 1 amide bonds. The van der Waals surface area contributed by atoms with E-state index in [0.29, 0.717) is 22.6 Å².